The molecule has 0 aliphatic carbocycles. The molecule has 1 heteroatoms. The highest BCUT2D eigenvalue weighted by molar-refractivity contribution is 5.40. The minimum absolute atomic E-state index is 0.358. The van der Waals surface area contributed by atoms with E-state index in [1.165, 1.54) is 27.8 Å². The second kappa shape index (κ2) is 6.91. The number of aryl methyl sites for hydroxylation is 3. The van der Waals surface area contributed by atoms with E-state index in [2.05, 4.69) is 82.4 Å². The van der Waals surface area contributed by atoms with Crippen LogP contribution in [0.5, 0.6) is 0 Å². The Morgan fingerprint density at radius 3 is 2.14 bits per heavy atom. The van der Waals surface area contributed by atoms with Gasteiger partial charge < -0.3 is 5.32 Å². The van der Waals surface area contributed by atoms with Gasteiger partial charge in [0, 0.05) is 12.0 Å². The Balaban J connectivity index is 2.42. The molecule has 0 spiro atoms. The van der Waals surface area contributed by atoms with Crippen LogP contribution in [-0.2, 0) is 0 Å². The number of benzene rings is 2. The van der Waals surface area contributed by atoms with E-state index >= 15 is 0 Å². The third-order valence-corrected chi connectivity index (χ3v) is 4.47. The minimum atomic E-state index is 0.358. The molecular weight excluding hydrogens is 254 g/mol. The third-order valence-electron chi connectivity index (χ3n) is 4.47. The van der Waals surface area contributed by atoms with Crippen molar-refractivity contribution in [2.45, 2.75) is 46.6 Å². The number of likely N-dealkylation sites (N-methyl/N-ethyl adjacent to an activating group) is 1. The molecule has 1 nitrogen and oxygen atoms in total. The number of hydrogen-bond acceptors (Lipinski definition) is 1. The zero-order valence-corrected chi connectivity index (χ0v) is 13.9. The molecule has 0 bridgehead atoms. The summed E-state index contributed by atoms with van der Waals surface area (Å²) in [4.78, 5) is 0. The molecule has 1 N–H and O–H groups in total. The molecule has 0 radical (unpaired) electrons. The van der Waals surface area contributed by atoms with E-state index in [9.17, 15) is 0 Å². The van der Waals surface area contributed by atoms with Gasteiger partial charge in [-0.2, -0.15) is 0 Å². The Kier molecular flexibility index (Phi) is 5.19. The zero-order chi connectivity index (χ0) is 15.4. The van der Waals surface area contributed by atoms with E-state index in [0.29, 0.717) is 12.0 Å². The standard InChI is InChI=1S/C20H27N/c1-6-21-20(17(5)18-10-8-7-9-11-18)19-13-15(3)14(2)12-16(19)4/h7-13,17,20-21H,6H2,1-5H3. The smallest absolute Gasteiger partial charge is 0.0389 e. The molecule has 2 aromatic rings. The first kappa shape index (κ1) is 15.8. The lowest BCUT2D eigenvalue weighted by Gasteiger charge is -2.28. The first-order valence-electron chi connectivity index (χ1n) is 7.90. The first-order valence-corrected chi connectivity index (χ1v) is 7.90. The second-order valence-corrected chi connectivity index (χ2v) is 6.03. The van der Waals surface area contributed by atoms with Gasteiger partial charge in [-0.1, -0.05) is 56.3 Å². The molecule has 0 aliphatic heterocycles. The third kappa shape index (κ3) is 3.54. The predicted molar refractivity (Wildman–Crippen MR) is 91.9 cm³/mol. The highest BCUT2D eigenvalue weighted by atomic mass is 14.9. The van der Waals surface area contributed by atoms with Crippen molar-refractivity contribution in [2.24, 2.45) is 0 Å². The molecule has 0 saturated heterocycles. The Bertz CT molecular complexity index is 586. The number of nitrogens with one attached hydrogen (secondary N) is 1. The lowest BCUT2D eigenvalue weighted by molar-refractivity contribution is 0.477. The van der Waals surface area contributed by atoms with E-state index in [1.54, 1.807) is 0 Å². The molecule has 2 rings (SSSR count). The summed E-state index contributed by atoms with van der Waals surface area (Å²) in [7, 11) is 0. The van der Waals surface area contributed by atoms with Crippen molar-refractivity contribution in [3.8, 4) is 0 Å². The molecule has 112 valence electrons. The summed E-state index contributed by atoms with van der Waals surface area (Å²) >= 11 is 0. The molecule has 21 heavy (non-hydrogen) atoms. The molecular formula is C20H27N. The SMILES string of the molecule is CCNC(c1cc(C)c(C)cc1C)C(C)c1ccccc1. The van der Waals surface area contributed by atoms with Gasteiger partial charge in [-0.05, 0) is 55.1 Å². The molecule has 0 saturated carbocycles. The Morgan fingerprint density at radius 2 is 1.52 bits per heavy atom. The van der Waals surface area contributed by atoms with E-state index in [0.717, 1.165) is 6.54 Å². The largest absolute Gasteiger partial charge is 0.310 e. The van der Waals surface area contributed by atoms with Gasteiger partial charge in [0.15, 0.2) is 0 Å². The highest BCUT2D eigenvalue weighted by Gasteiger charge is 2.21. The van der Waals surface area contributed by atoms with Crippen LogP contribution in [0.25, 0.3) is 0 Å². The van der Waals surface area contributed by atoms with E-state index in [-0.39, 0.29) is 0 Å². The van der Waals surface area contributed by atoms with Crippen molar-refractivity contribution in [3.63, 3.8) is 0 Å². The predicted octanol–water partition coefficient (Wildman–Crippen LogP) is 5.07. The molecule has 2 unspecified atom stereocenters. The van der Waals surface area contributed by atoms with E-state index < -0.39 is 0 Å². The molecule has 2 atom stereocenters. The van der Waals surface area contributed by atoms with Crippen LogP contribution in [0.15, 0.2) is 42.5 Å². The average Bonchev–Trinajstić information content (AvgIpc) is 2.49. The molecule has 0 aromatic heterocycles. The first-order chi connectivity index (χ1) is 10.0. The van der Waals surface area contributed by atoms with Crippen LogP contribution in [0.4, 0.5) is 0 Å². The van der Waals surface area contributed by atoms with Gasteiger partial charge >= 0.3 is 0 Å². The molecule has 0 heterocycles. The fourth-order valence-corrected chi connectivity index (χ4v) is 3.04. The number of hydrogen-bond donors (Lipinski definition) is 1. The summed E-state index contributed by atoms with van der Waals surface area (Å²) in [5.74, 6) is 0.451. The van der Waals surface area contributed by atoms with Crippen LogP contribution in [-0.4, -0.2) is 6.54 Å². The van der Waals surface area contributed by atoms with Crippen molar-refractivity contribution >= 4 is 0 Å². The van der Waals surface area contributed by atoms with Crippen LogP contribution in [0.3, 0.4) is 0 Å². The van der Waals surface area contributed by atoms with Crippen molar-refractivity contribution in [1.82, 2.24) is 5.32 Å². The minimum Gasteiger partial charge on any atom is -0.310 e. The van der Waals surface area contributed by atoms with Gasteiger partial charge in [0.05, 0.1) is 0 Å². The van der Waals surface area contributed by atoms with Crippen LogP contribution < -0.4 is 5.32 Å². The Morgan fingerprint density at radius 1 is 0.905 bits per heavy atom. The fraction of sp³-hybridized carbons (Fsp3) is 0.400. The lowest BCUT2D eigenvalue weighted by atomic mass is 9.85. The maximum Gasteiger partial charge on any atom is 0.0389 e. The van der Waals surface area contributed by atoms with E-state index in [1.807, 2.05) is 0 Å². The summed E-state index contributed by atoms with van der Waals surface area (Å²) < 4.78 is 0. The van der Waals surface area contributed by atoms with Crippen molar-refractivity contribution in [1.29, 1.82) is 0 Å². The van der Waals surface area contributed by atoms with Crippen LogP contribution in [0.2, 0.25) is 0 Å². The average molecular weight is 281 g/mol. The van der Waals surface area contributed by atoms with Crippen molar-refractivity contribution < 1.29 is 0 Å². The number of rotatable bonds is 5. The normalized spacial score (nSPS) is 14.0. The summed E-state index contributed by atoms with van der Waals surface area (Å²) in [6.07, 6.45) is 0. The van der Waals surface area contributed by atoms with Gasteiger partial charge in [0.25, 0.3) is 0 Å². The quantitative estimate of drug-likeness (QED) is 0.807. The fourth-order valence-electron chi connectivity index (χ4n) is 3.04. The highest BCUT2D eigenvalue weighted by Crippen LogP contribution is 2.33. The van der Waals surface area contributed by atoms with Crippen LogP contribution in [0.1, 0.15) is 53.6 Å². The monoisotopic (exact) mass is 281 g/mol. The second-order valence-electron chi connectivity index (χ2n) is 6.03. The zero-order valence-electron chi connectivity index (χ0n) is 13.9. The molecule has 2 aromatic carbocycles. The topological polar surface area (TPSA) is 12.0 Å². The van der Waals surface area contributed by atoms with Crippen molar-refractivity contribution in [2.75, 3.05) is 6.54 Å². The lowest BCUT2D eigenvalue weighted by Crippen LogP contribution is -2.26. The van der Waals surface area contributed by atoms with Gasteiger partial charge in [-0.15, -0.1) is 0 Å². The Labute approximate surface area is 129 Å². The molecule has 0 fully saturated rings. The van der Waals surface area contributed by atoms with Crippen molar-refractivity contribution in [3.05, 3.63) is 70.3 Å². The van der Waals surface area contributed by atoms with Crippen LogP contribution in [0, 0.1) is 20.8 Å². The van der Waals surface area contributed by atoms with Gasteiger partial charge in [-0.25, -0.2) is 0 Å². The van der Waals surface area contributed by atoms with Gasteiger partial charge in [-0.3, -0.25) is 0 Å². The van der Waals surface area contributed by atoms with E-state index in [4.69, 9.17) is 0 Å². The van der Waals surface area contributed by atoms with Gasteiger partial charge in [0.2, 0.25) is 0 Å². The maximum absolute atomic E-state index is 3.68. The maximum atomic E-state index is 3.68. The summed E-state index contributed by atoms with van der Waals surface area (Å²) in [5.41, 5.74) is 6.95. The summed E-state index contributed by atoms with van der Waals surface area (Å²) in [6, 6.07) is 15.8. The Hall–Kier alpha value is -1.60. The summed E-state index contributed by atoms with van der Waals surface area (Å²) in [6.45, 7) is 12.1. The summed E-state index contributed by atoms with van der Waals surface area (Å²) in [5, 5.41) is 3.68. The van der Waals surface area contributed by atoms with Crippen LogP contribution >= 0.6 is 0 Å². The molecule has 0 aliphatic rings. The van der Waals surface area contributed by atoms with Gasteiger partial charge in [0.1, 0.15) is 0 Å². The molecule has 0 amide bonds.